The van der Waals surface area contributed by atoms with Gasteiger partial charge in [0.05, 0.1) is 0 Å². The summed E-state index contributed by atoms with van der Waals surface area (Å²) >= 11 is 0. The summed E-state index contributed by atoms with van der Waals surface area (Å²) in [5, 5.41) is 6.76. The van der Waals surface area contributed by atoms with E-state index >= 15 is 0 Å². The Balaban J connectivity index is 2.04. The van der Waals surface area contributed by atoms with E-state index in [0.29, 0.717) is 32.4 Å². The van der Waals surface area contributed by atoms with Gasteiger partial charge in [0.25, 0.3) is 0 Å². The van der Waals surface area contributed by atoms with Gasteiger partial charge in [-0.1, -0.05) is 29.4 Å². The van der Waals surface area contributed by atoms with Gasteiger partial charge in [-0.3, -0.25) is 4.79 Å². The van der Waals surface area contributed by atoms with Crippen LogP contribution in [0, 0.1) is 0 Å². The van der Waals surface area contributed by atoms with Crippen molar-refractivity contribution in [1.29, 1.82) is 0 Å². The van der Waals surface area contributed by atoms with Crippen molar-refractivity contribution in [1.82, 2.24) is 5.32 Å². The van der Waals surface area contributed by atoms with Gasteiger partial charge >= 0.3 is 0 Å². The Bertz CT molecular complexity index is 538. The van der Waals surface area contributed by atoms with Gasteiger partial charge in [-0.15, -0.1) is 0 Å². The number of fused-ring (bicyclic) bond motifs is 1. The summed E-state index contributed by atoms with van der Waals surface area (Å²) in [4.78, 5) is 14.6. The zero-order chi connectivity index (χ0) is 14.4. The predicted octanol–water partition coefficient (Wildman–Crippen LogP) is 1.69. The Morgan fingerprint density at radius 2 is 2.20 bits per heavy atom. The van der Waals surface area contributed by atoms with Crippen LogP contribution in [0.2, 0.25) is 0 Å². The lowest BCUT2D eigenvalue weighted by Crippen LogP contribution is -2.58. The predicted molar refractivity (Wildman–Crippen MR) is 77.0 cm³/mol. The van der Waals surface area contributed by atoms with Gasteiger partial charge in [-0.05, 0) is 48.9 Å². The first kappa shape index (κ1) is 14.4. The molecule has 0 saturated carbocycles. The molecule has 3 N–H and O–H groups in total. The van der Waals surface area contributed by atoms with Crippen molar-refractivity contribution in [3.63, 3.8) is 0 Å². The van der Waals surface area contributed by atoms with Crippen molar-refractivity contribution < 1.29 is 4.79 Å². The summed E-state index contributed by atoms with van der Waals surface area (Å²) in [7, 11) is 0. The average Bonchev–Trinajstić information content (AvgIpc) is 2.46. The monoisotopic (exact) mass is 273 g/mol. The maximum atomic E-state index is 11.9. The van der Waals surface area contributed by atoms with Crippen LogP contribution in [-0.2, 0) is 17.6 Å². The first-order valence-corrected chi connectivity index (χ1v) is 6.80. The Hall–Kier alpha value is -2.04. The SMILES string of the molecule is [N-]=[N+]=NCCCNC1(C(N)=O)CCc2ccccc2C1. The fraction of sp³-hybridized carbons (Fsp3) is 0.500. The molecule has 2 rings (SSSR count). The highest BCUT2D eigenvalue weighted by Crippen LogP contribution is 2.28. The molecule has 0 heterocycles. The minimum atomic E-state index is -0.676. The van der Waals surface area contributed by atoms with Crippen molar-refractivity contribution in [3.05, 3.63) is 45.8 Å². The third-order valence-corrected chi connectivity index (χ3v) is 3.86. The molecule has 0 fully saturated rings. The fourth-order valence-electron chi connectivity index (χ4n) is 2.71. The van der Waals surface area contributed by atoms with E-state index in [-0.39, 0.29) is 5.91 Å². The highest BCUT2D eigenvalue weighted by molar-refractivity contribution is 5.85. The van der Waals surface area contributed by atoms with E-state index in [1.54, 1.807) is 0 Å². The second-order valence-corrected chi connectivity index (χ2v) is 5.13. The standard InChI is InChI=1S/C14H19N5O/c15-13(20)14(17-8-3-9-18-19-16)7-6-11-4-1-2-5-12(11)10-14/h1-2,4-5,17H,3,6-10H2,(H2,15,20). The number of hydrogen-bond donors (Lipinski definition) is 2. The smallest absolute Gasteiger partial charge is 0.238 e. The topological polar surface area (TPSA) is 104 Å². The van der Waals surface area contributed by atoms with Crippen LogP contribution >= 0.6 is 0 Å². The number of nitrogens with one attached hydrogen (secondary N) is 1. The lowest BCUT2D eigenvalue weighted by atomic mass is 9.77. The summed E-state index contributed by atoms with van der Waals surface area (Å²) in [5.41, 5.74) is 15.6. The molecule has 6 nitrogen and oxygen atoms in total. The highest BCUT2D eigenvalue weighted by atomic mass is 16.1. The summed E-state index contributed by atoms with van der Waals surface area (Å²) in [5.74, 6) is -0.309. The molecule has 1 atom stereocenters. The van der Waals surface area contributed by atoms with Gasteiger partial charge in [-0.2, -0.15) is 0 Å². The van der Waals surface area contributed by atoms with Gasteiger partial charge < -0.3 is 11.1 Å². The number of primary amides is 1. The Labute approximate surface area is 118 Å². The van der Waals surface area contributed by atoms with Gasteiger partial charge in [0, 0.05) is 11.5 Å². The van der Waals surface area contributed by atoms with E-state index in [2.05, 4.69) is 21.4 Å². The third-order valence-electron chi connectivity index (χ3n) is 3.86. The molecule has 6 heteroatoms. The number of nitrogens with two attached hydrogens (primary N) is 1. The van der Waals surface area contributed by atoms with Gasteiger partial charge in [0.2, 0.25) is 5.91 Å². The Morgan fingerprint density at radius 3 is 2.90 bits per heavy atom. The molecule has 1 amide bonds. The minimum absolute atomic E-state index is 0.309. The average molecular weight is 273 g/mol. The molecule has 20 heavy (non-hydrogen) atoms. The zero-order valence-corrected chi connectivity index (χ0v) is 11.4. The van der Waals surface area contributed by atoms with Gasteiger partial charge in [0.15, 0.2) is 0 Å². The molecule has 0 aliphatic heterocycles. The number of carbonyl (C=O) groups excluding carboxylic acids is 1. The highest BCUT2D eigenvalue weighted by Gasteiger charge is 2.38. The third kappa shape index (κ3) is 3.10. The number of aryl methyl sites for hydroxylation is 1. The molecule has 0 aromatic heterocycles. The zero-order valence-electron chi connectivity index (χ0n) is 11.4. The lowest BCUT2D eigenvalue weighted by molar-refractivity contribution is -0.125. The Morgan fingerprint density at radius 1 is 1.45 bits per heavy atom. The van der Waals surface area contributed by atoms with Crippen LogP contribution < -0.4 is 11.1 Å². The quantitative estimate of drug-likeness (QED) is 0.356. The van der Waals surface area contributed by atoms with Crippen LogP contribution in [0.4, 0.5) is 0 Å². The molecule has 0 saturated heterocycles. The van der Waals surface area contributed by atoms with E-state index in [4.69, 9.17) is 11.3 Å². The fourth-order valence-corrected chi connectivity index (χ4v) is 2.71. The van der Waals surface area contributed by atoms with Gasteiger partial charge in [-0.25, -0.2) is 0 Å². The summed E-state index contributed by atoms with van der Waals surface area (Å²) in [6.45, 7) is 1.04. The molecule has 0 spiro atoms. The van der Waals surface area contributed by atoms with E-state index < -0.39 is 5.54 Å². The van der Waals surface area contributed by atoms with E-state index in [1.807, 2.05) is 18.2 Å². The largest absolute Gasteiger partial charge is 0.368 e. The number of rotatable bonds is 6. The van der Waals surface area contributed by atoms with Crippen LogP contribution in [0.1, 0.15) is 24.0 Å². The molecular weight excluding hydrogens is 254 g/mol. The number of carbonyl (C=O) groups is 1. The van der Waals surface area contributed by atoms with E-state index in [1.165, 1.54) is 11.1 Å². The lowest BCUT2D eigenvalue weighted by Gasteiger charge is -2.36. The molecule has 0 radical (unpaired) electrons. The summed E-state index contributed by atoms with van der Waals surface area (Å²) in [6, 6.07) is 8.15. The van der Waals surface area contributed by atoms with Gasteiger partial charge in [0.1, 0.15) is 5.54 Å². The van der Waals surface area contributed by atoms with Crippen molar-refractivity contribution in [2.45, 2.75) is 31.2 Å². The number of nitrogens with zero attached hydrogens (tertiary/aromatic N) is 3. The van der Waals surface area contributed by atoms with Crippen molar-refractivity contribution in [2.24, 2.45) is 10.8 Å². The summed E-state index contributed by atoms with van der Waals surface area (Å²) < 4.78 is 0. The molecule has 1 aromatic carbocycles. The molecule has 1 unspecified atom stereocenters. The van der Waals surface area contributed by atoms with E-state index in [0.717, 1.165) is 6.42 Å². The Kier molecular flexibility index (Phi) is 4.61. The van der Waals surface area contributed by atoms with Crippen LogP contribution in [0.5, 0.6) is 0 Å². The number of hydrogen-bond acceptors (Lipinski definition) is 3. The second kappa shape index (κ2) is 6.41. The van der Waals surface area contributed by atoms with Crippen molar-refractivity contribution >= 4 is 5.91 Å². The van der Waals surface area contributed by atoms with Crippen LogP contribution in [0.3, 0.4) is 0 Å². The summed E-state index contributed by atoms with van der Waals surface area (Å²) in [6.07, 6.45) is 2.88. The van der Waals surface area contributed by atoms with Crippen LogP contribution in [0.25, 0.3) is 10.4 Å². The van der Waals surface area contributed by atoms with Crippen molar-refractivity contribution in [3.8, 4) is 0 Å². The maximum absolute atomic E-state index is 11.9. The van der Waals surface area contributed by atoms with Crippen LogP contribution in [-0.4, -0.2) is 24.5 Å². The maximum Gasteiger partial charge on any atom is 0.238 e. The number of benzene rings is 1. The molecule has 106 valence electrons. The number of amides is 1. The molecule has 0 bridgehead atoms. The minimum Gasteiger partial charge on any atom is -0.368 e. The normalized spacial score (nSPS) is 20.8. The molecule has 1 aliphatic carbocycles. The molecule has 1 aliphatic rings. The molecular formula is C14H19N5O. The van der Waals surface area contributed by atoms with E-state index in [9.17, 15) is 4.79 Å². The van der Waals surface area contributed by atoms with Crippen LogP contribution in [0.15, 0.2) is 29.4 Å². The first-order valence-electron chi connectivity index (χ1n) is 6.80. The second-order valence-electron chi connectivity index (χ2n) is 5.13. The first-order chi connectivity index (χ1) is 9.68. The number of azide groups is 1. The van der Waals surface area contributed by atoms with Crippen molar-refractivity contribution in [2.75, 3.05) is 13.1 Å². The molecule has 1 aromatic rings.